The van der Waals surface area contributed by atoms with Crippen LogP contribution in [0.2, 0.25) is 0 Å². The Morgan fingerprint density at radius 1 is 1.35 bits per heavy atom. The van der Waals surface area contributed by atoms with Crippen LogP contribution in [0.5, 0.6) is 0 Å². The second kappa shape index (κ2) is 5.51. The smallest absolute Gasteiger partial charge is 0.163 e. The molecule has 2 heterocycles. The maximum atomic E-state index is 5.96. The van der Waals surface area contributed by atoms with E-state index in [-0.39, 0.29) is 0 Å². The largest absolute Gasteiger partial charge is 0.371 e. The van der Waals surface area contributed by atoms with Gasteiger partial charge in [0.2, 0.25) is 0 Å². The monoisotopic (exact) mass is 237 g/mol. The highest BCUT2D eigenvalue weighted by Crippen LogP contribution is 2.17. The minimum atomic E-state index is 0.299. The van der Waals surface area contributed by atoms with Crippen molar-refractivity contribution < 1.29 is 4.74 Å². The van der Waals surface area contributed by atoms with Crippen molar-refractivity contribution in [2.24, 2.45) is 10.8 Å². The van der Waals surface area contributed by atoms with Crippen LogP contribution < -0.4 is 11.2 Å². The van der Waals surface area contributed by atoms with Crippen molar-refractivity contribution in [2.75, 3.05) is 13.1 Å². The fraction of sp³-hybridized carbons (Fsp3) is 0.667. The second-order valence-electron chi connectivity index (χ2n) is 4.47. The quantitative estimate of drug-likeness (QED) is 0.745. The lowest BCUT2D eigenvalue weighted by molar-refractivity contribution is -0.0686. The van der Waals surface area contributed by atoms with Crippen LogP contribution in [0.1, 0.15) is 26.7 Å². The number of rotatable bonds is 2. The maximum absolute atomic E-state index is 5.96. The second-order valence-corrected chi connectivity index (χ2v) is 4.47. The SMILES string of the molecule is CCC1CN(C2=NN[C](N)C=C2)CC(CC)O1. The molecule has 0 aromatic rings. The highest BCUT2D eigenvalue weighted by atomic mass is 16.5. The minimum absolute atomic E-state index is 0.299. The Morgan fingerprint density at radius 3 is 2.47 bits per heavy atom. The van der Waals surface area contributed by atoms with Crippen LogP contribution in [-0.2, 0) is 4.74 Å². The van der Waals surface area contributed by atoms with E-state index in [4.69, 9.17) is 10.5 Å². The van der Waals surface area contributed by atoms with Gasteiger partial charge in [-0.1, -0.05) is 13.8 Å². The van der Waals surface area contributed by atoms with Crippen molar-refractivity contribution >= 4 is 5.84 Å². The van der Waals surface area contributed by atoms with Gasteiger partial charge < -0.3 is 15.4 Å². The molecular formula is C12H21N4O. The van der Waals surface area contributed by atoms with Gasteiger partial charge in [0.25, 0.3) is 0 Å². The van der Waals surface area contributed by atoms with Gasteiger partial charge in [-0.25, -0.2) is 0 Å². The Labute approximate surface area is 103 Å². The third kappa shape index (κ3) is 2.98. The van der Waals surface area contributed by atoms with E-state index < -0.39 is 0 Å². The zero-order valence-electron chi connectivity index (χ0n) is 10.5. The highest BCUT2D eigenvalue weighted by molar-refractivity contribution is 5.93. The Morgan fingerprint density at radius 2 is 2.00 bits per heavy atom. The number of hydrazone groups is 1. The van der Waals surface area contributed by atoms with Crippen LogP contribution in [0.25, 0.3) is 0 Å². The lowest BCUT2D eigenvalue weighted by Crippen LogP contribution is -2.50. The molecule has 1 radical (unpaired) electrons. The molecule has 2 aliphatic heterocycles. The summed E-state index contributed by atoms with van der Waals surface area (Å²) in [5.41, 5.74) is 8.41. The average Bonchev–Trinajstić information content (AvgIpc) is 2.39. The van der Waals surface area contributed by atoms with Gasteiger partial charge >= 0.3 is 0 Å². The minimum Gasteiger partial charge on any atom is -0.371 e. The number of nitrogens with two attached hydrogens (primary N) is 1. The summed E-state index contributed by atoms with van der Waals surface area (Å²) >= 11 is 0. The van der Waals surface area contributed by atoms with Crippen LogP contribution in [0.3, 0.4) is 0 Å². The lowest BCUT2D eigenvalue weighted by Gasteiger charge is -2.39. The van der Waals surface area contributed by atoms with Crippen molar-refractivity contribution in [1.82, 2.24) is 10.3 Å². The van der Waals surface area contributed by atoms with E-state index in [1.807, 2.05) is 12.2 Å². The van der Waals surface area contributed by atoms with Gasteiger partial charge in [-0.05, 0) is 25.0 Å². The summed E-state index contributed by atoms with van der Waals surface area (Å²) < 4.78 is 5.96. The maximum Gasteiger partial charge on any atom is 0.163 e. The molecule has 0 saturated carbocycles. The number of hydrogen-bond donors (Lipinski definition) is 2. The first-order valence-corrected chi connectivity index (χ1v) is 6.27. The third-order valence-corrected chi connectivity index (χ3v) is 3.18. The molecule has 0 aromatic heterocycles. The zero-order valence-corrected chi connectivity index (χ0v) is 10.5. The molecule has 1 fully saturated rings. The predicted molar refractivity (Wildman–Crippen MR) is 68.0 cm³/mol. The Hall–Kier alpha value is -1.07. The summed E-state index contributed by atoms with van der Waals surface area (Å²) in [4.78, 5) is 2.27. The molecule has 1 saturated heterocycles. The molecule has 95 valence electrons. The van der Waals surface area contributed by atoms with Crippen LogP contribution in [0.4, 0.5) is 0 Å². The number of ether oxygens (including phenoxy) is 1. The Balaban J connectivity index is 2.02. The van der Waals surface area contributed by atoms with Gasteiger partial charge in [0, 0.05) is 13.1 Å². The average molecular weight is 237 g/mol. The van der Waals surface area contributed by atoms with Crippen molar-refractivity contribution in [3.63, 3.8) is 0 Å². The van der Waals surface area contributed by atoms with E-state index in [0.717, 1.165) is 31.8 Å². The Kier molecular flexibility index (Phi) is 4.02. The molecule has 2 atom stereocenters. The standard InChI is InChI=1S/C12H21N4O/c1-3-9-7-16(8-10(4-2)17-9)12-6-5-11(13)14-15-12/h5-6,9-10,14H,3-4,7-8,13H2,1-2H3. The van der Waals surface area contributed by atoms with E-state index >= 15 is 0 Å². The molecule has 17 heavy (non-hydrogen) atoms. The van der Waals surface area contributed by atoms with Crippen LogP contribution in [-0.4, -0.2) is 36.0 Å². The molecule has 5 nitrogen and oxygen atoms in total. The van der Waals surface area contributed by atoms with Crippen LogP contribution in [0.15, 0.2) is 17.3 Å². The van der Waals surface area contributed by atoms with E-state index in [1.165, 1.54) is 0 Å². The summed E-state index contributed by atoms with van der Waals surface area (Å²) in [6.45, 7) is 6.11. The summed E-state index contributed by atoms with van der Waals surface area (Å²) in [6.07, 6.45) is 7.05. The lowest BCUT2D eigenvalue weighted by atomic mass is 10.1. The van der Waals surface area contributed by atoms with Gasteiger partial charge in [0.15, 0.2) is 6.17 Å². The van der Waals surface area contributed by atoms with Crippen molar-refractivity contribution in [2.45, 2.75) is 38.9 Å². The summed E-state index contributed by atoms with van der Waals surface area (Å²) in [6, 6.07) is 0. The number of hydrogen-bond acceptors (Lipinski definition) is 5. The van der Waals surface area contributed by atoms with Crippen molar-refractivity contribution in [3.05, 3.63) is 18.3 Å². The Bertz CT molecular complexity index is 304. The van der Waals surface area contributed by atoms with Gasteiger partial charge in [-0.3, -0.25) is 5.43 Å². The normalized spacial score (nSPS) is 30.1. The molecule has 2 rings (SSSR count). The molecule has 3 N–H and O–H groups in total. The first-order chi connectivity index (χ1) is 8.22. The number of nitrogens with one attached hydrogen (secondary N) is 1. The number of morpholine rings is 1. The molecule has 0 aromatic carbocycles. The third-order valence-electron chi connectivity index (χ3n) is 3.18. The first-order valence-electron chi connectivity index (χ1n) is 6.27. The molecule has 0 spiro atoms. The summed E-state index contributed by atoms with van der Waals surface area (Å²) in [5.74, 6) is 0.944. The molecule has 2 aliphatic rings. The van der Waals surface area contributed by atoms with Crippen molar-refractivity contribution in [1.29, 1.82) is 0 Å². The van der Waals surface area contributed by atoms with Gasteiger partial charge in [0.1, 0.15) is 5.84 Å². The fourth-order valence-electron chi connectivity index (χ4n) is 2.10. The van der Waals surface area contributed by atoms with Gasteiger partial charge in [0.05, 0.1) is 12.2 Å². The van der Waals surface area contributed by atoms with Crippen molar-refractivity contribution in [3.8, 4) is 0 Å². The van der Waals surface area contributed by atoms with Crippen LogP contribution in [0, 0.1) is 6.17 Å². The molecule has 0 bridgehead atoms. The fourth-order valence-corrected chi connectivity index (χ4v) is 2.10. The van der Waals surface area contributed by atoms with E-state index in [9.17, 15) is 0 Å². The molecule has 0 amide bonds. The van der Waals surface area contributed by atoms with E-state index in [1.54, 1.807) is 0 Å². The van der Waals surface area contributed by atoms with Gasteiger partial charge in [-0.15, -0.1) is 0 Å². The topological polar surface area (TPSA) is 62.9 Å². The molecule has 5 heteroatoms. The summed E-state index contributed by atoms with van der Waals surface area (Å²) in [5, 5.41) is 4.26. The van der Waals surface area contributed by atoms with Crippen LogP contribution >= 0.6 is 0 Å². The molecule has 0 aliphatic carbocycles. The van der Waals surface area contributed by atoms with Gasteiger partial charge in [-0.2, -0.15) is 5.10 Å². The summed E-state index contributed by atoms with van der Waals surface area (Å²) in [7, 11) is 0. The predicted octanol–water partition coefficient (Wildman–Crippen LogP) is 0.797. The zero-order chi connectivity index (χ0) is 12.3. The van der Waals surface area contributed by atoms with E-state index in [0.29, 0.717) is 18.4 Å². The van der Waals surface area contributed by atoms with E-state index in [2.05, 4.69) is 29.3 Å². The molecular weight excluding hydrogens is 216 g/mol. The number of amidine groups is 1. The number of nitrogens with zero attached hydrogens (tertiary/aromatic N) is 2. The molecule has 2 unspecified atom stereocenters. The highest BCUT2D eigenvalue weighted by Gasteiger charge is 2.27. The first kappa shape index (κ1) is 12.4.